The van der Waals surface area contributed by atoms with Gasteiger partial charge in [-0.3, -0.25) is 9.36 Å². The molecule has 98 valence electrons. The van der Waals surface area contributed by atoms with Crippen LogP contribution >= 0.6 is 0 Å². The van der Waals surface area contributed by atoms with Gasteiger partial charge in [-0.05, 0) is 44.7 Å². The van der Waals surface area contributed by atoms with E-state index in [1.165, 1.54) is 18.4 Å². The molecule has 0 bridgehead atoms. The zero-order chi connectivity index (χ0) is 13.2. The molecule has 1 aliphatic carbocycles. The molecule has 2 aromatic rings. The molecule has 4 heteroatoms. The van der Waals surface area contributed by atoms with Crippen molar-refractivity contribution in [2.45, 2.75) is 38.6 Å². The van der Waals surface area contributed by atoms with Crippen molar-refractivity contribution in [1.82, 2.24) is 14.5 Å². The molecule has 2 heterocycles. The summed E-state index contributed by atoms with van der Waals surface area (Å²) < 4.78 is 1.70. The van der Waals surface area contributed by atoms with Gasteiger partial charge >= 0.3 is 0 Å². The maximum Gasteiger partial charge on any atom is 0.280 e. The quantitative estimate of drug-likeness (QED) is 0.775. The SMILES string of the molecule is CC(C1=CCCCC1)n1cnc2cccnc2c1=O. The molecule has 1 aliphatic rings. The van der Waals surface area contributed by atoms with Crippen molar-refractivity contribution in [2.24, 2.45) is 0 Å². The van der Waals surface area contributed by atoms with E-state index in [-0.39, 0.29) is 11.6 Å². The van der Waals surface area contributed by atoms with Gasteiger partial charge < -0.3 is 0 Å². The van der Waals surface area contributed by atoms with Gasteiger partial charge in [-0.25, -0.2) is 9.97 Å². The predicted molar refractivity (Wildman–Crippen MR) is 75.1 cm³/mol. The number of aromatic nitrogens is 3. The topological polar surface area (TPSA) is 47.8 Å². The van der Waals surface area contributed by atoms with Crippen molar-refractivity contribution in [3.05, 3.63) is 46.7 Å². The standard InChI is InChI=1S/C15H17N3O/c1-11(12-6-3-2-4-7-12)18-10-17-13-8-5-9-16-14(13)15(18)19/h5-6,8-11H,2-4,7H2,1H3. The maximum absolute atomic E-state index is 12.4. The molecular formula is C15H17N3O. The minimum absolute atomic E-state index is 0.0513. The van der Waals surface area contributed by atoms with Crippen LogP contribution < -0.4 is 5.56 Å². The lowest BCUT2D eigenvalue weighted by atomic mass is 9.94. The van der Waals surface area contributed by atoms with Crippen molar-refractivity contribution < 1.29 is 0 Å². The van der Waals surface area contributed by atoms with Gasteiger partial charge in [0, 0.05) is 6.20 Å². The number of nitrogens with zero attached hydrogens (tertiary/aromatic N) is 3. The lowest BCUT2D eigenvalue weighted by Crippen LogP contribution is -2.25. The Morgan fingerprint density at radius 3 is 3.00 bits per heavy atom. The van der Waals surface area contributed by atoms with Crippen LogP contribution in [0, 0.1) is 0 Å². The summed E-state index contributed by atoms with van der Waals surface area (Å²) in [5.74, 6) is 0. The first-order valence-corrected chi connectivity index (χ1v) is 6.78. The van der Waals surface area contributed by atoms with Crippen molar-refractivity contribution in [2.75, 3.05) is 0 Å². The Kier molecular flexibility index (Phi) is 3.15. The van der Waals surface area contributed by atoms with Gasteiger partial charge in [0.2, 0.25) is 0 Å². The predicted octanol–water partition coefficient (Wildman–Crippen LogP) is 2.85. The molecule has 0 radical (unpaired) electrons. The average Bonchev–Trinajstić information content (AvgIpc) is 2.48. The first-order chi connectivity index (χ1) is 9.27. The second kappa shape index (κ2) is 4.96. The van der Waals surface area contributed by atoms with Crippen LogP contribution in [0.3, 0.4) is 0 Å². The molecule has 0 amide bonds. The van der Waals surface area contributed by atoms with Gasteiger partial charge in [0.15, 0.2) is 5.52 Å². The summed E-state index contributed by atoms with van der Waals surface area (Å²) >= 11 is 0. The number of rotatable bonds is 2. The molecule has 1 unspecified atom stereocenters. The Morgan fingerprint density at radius 2 is 2.21 bits per heavy atom. The summed E-state index contributed by atoms with van der Waals surface area (Å²) in [5.41, 5.74) is 2.40. The molecule has 19 heavy (non-hydrogen) atoms. The van der Waals surface area contributed by atoms with Gasteiger partial charge in [-0.1, -0.05) is 11.6 Å². The average molecular weight is 255 g/mol. The first kappa shape index (κ1) is 12.1. The van der Waals surface area contributed by atoms with E-state index in [4.69, 9.17) is 0 Å². The summed E-state index contributed by atoms with van der Waals surface area (Å²) in [6, 6.07) is 3.69. The molecule has 0 fully saturated rings. The van der Waals surface area contributed by atoms with Gasteiger partial charge in [0.1, 0.15) is 0 Å². The summed E-state index contributed by atoms with van der Waals surface area (Å²) in [5, 5.41) is 0. The van der Waals surface area contributed by atoms with Crippen molar-refractivity contribution in [3.8, 4) is 0 Å². The summed E-state index contributed by atoms with van der Waals surface area (Å²) in [6.45, 7) is 2.06. The van der Waals surface area contributed by atoms with E-state index in [0.29, 0.717) is 11.0 Å². The number of pyridine rings is 1. The normalized spacial score (nSPS) is 17.2. The second-order valence-electron chi connectivity index (χ2n) is 5.03. The minimum atomic E-state index is -0.0513. The van der Waals surface area contributed by atoms with E-state index < -0.39 is 0 Å². The molecule has 0 aliphatic heterocycles. The molecule has 2 aromatic heterocycles. The fourth-order valence-electron chi connectivity index (χ4n) is 2.66. The maximum atomic E-state index is 12.4. The van der Waals surface area contributed by atoms with Gasteiger partial charge in [0.25, 0.3) is 5.56 Å². The van der Waals surface area contributed by atoms with E-state index in [1.54, 1.807) is 23.2 Å². The Morgan fingerprint density at radius 1 is 1.32 bits per heavy atom. The Hall–Kier alpha value is -1.97. The number of fused-ring (bicyclic) bond motifs is 1. The van der Waals surface area contributed by atoms with Crippen molar-refractivity contribution in [3.63, 3.8) is 0 Å². The van der Waals surface area contributed by atoms with Gasteiger partial charge in [-0.15, -0.1) is 0 Å². The lowest BCUT2D eigenvalue weighted by Gasteiger charge is -2.21. The highest BCUT2D eigenvalue weighted by atomic mass is 16.1. The van der Waals surface area contributed by atoms with E-state index in [9.17, 15) is 4.79 Å². The Balaban J connectivity index is 2.08. The first-order valence-electron chi connectivity index (χ1n) is 6.78. The highest BCUT2D eigenvalue weighted by molar-refractivity contribution is 5.71. The van der Waals surface area contributed by atoms with Crippen LogP contribution in [0.2, 0.25) is 0 Å². The van der Waals surface area contributed by atoms with Crippen LogP contribution in [0.15, 0.2) is 41.1 Å². The highest BCUT2D eigenvalue weighted by Crippen LogP contribution is 2.26. The smallest absolute Gasteiger partial charge is 0.280 e. The molecule has 1 atom stereocenters. The Bertz CT molecular complexity index is 687. The molecule has 0 spiro atoms. The zero-order valence-electron chi connectivity index (χ0n) is 11.0. The van der Waals surface area contributed by atoms with Crippen molar-refractivity contribution >= 4 is 11.0 Å². The van der Waals surface area contributed by atoms with Crippen LogP contribution in [0.1, 0.15) is 38.6 Å². The highest BCUT2D eigenvalue weighted by Gasteiger charge is 2.16. The number of hydrogen-bond donors (Lipinski definition) is 0. The third-order valence-electron chi connectivity index (χ3n) is 3.82. The number of hydrogen-bond acceptors (Lipinski definition) is 3. The van der Waals surface area contributed by atoms with Crippen LogP contribution in [-0.2, 0) is 0 Å². The van der Waals surface area contributed by atoms with Gasteiger partial charge in [0.05, 0.1) is 17.9 Å². The zero-order valence-corrected chi connectivity index (χ0v) is 11.0. The van der Waals surface area contributed by atoms with Crippen LogP contribution in [0.5, 0.6) is 0 Å². The fourth-order valence-corrected chi connectivity index (χ4v) is 2.66. The molecule has 3 rings (SSSR count). The third kappa shape index (κ3) is 2.18. The van der Waals surface area contributed by atoms with Crippen LogP contribution in [0.25, 0.3) is 11.0 Å². The number of allylic oxidation sites excluding steroid dienone is 2. The molecule has 0 saturated carbocycles. The molecular weight excluding hydrogens is 238 g/mol. The van der Waals surface area contributed by atoms with Gasteiger partial charge in [-0.2, -0.15) is 0 Å². The molecule has 0 N–H and O–H groups in total. The second-order valence-corrected chi connectivity index (χ2v) is 5.03. The van der Waals surface area contributed by atoms with E-state index in [1.807, 2.05) is 6.07 Å². The van der Waals surface area contributed by atoms with Crippen molar-refractivity contribution in [1.29, 1.82) is 0 Å². The summed E-state index contributed by atoms with van der Waals surface area (Å²) in [6.07, 6.45) is 10.2. The summed E-state index contributed by atoms with van der Waals surface area (Å²) in [7, 11) is 0. The Labute approximate surface area is 111 Å². The monoisotopic (exact) mass is 255 g/mol. The van der Waals surface area contributed by atoms with Crippen LogP contribution in [0.4, 0.5) is 0 Å². The largest absolute Gasteiger partial charge is 0.290 e. The van der Waals surface area contributed by atoms with Crippen LogP contribution in [-0.4, -0.2) is 14.5 Å². The van der Waals surface area contributed by atoms with E-state index >= 15 is 0 Å². The molecule has 0 aromatic carbocycles. The molecule has 4 nitrogen and oxygen atoms in total. The molecule has 0 saturated heterocycles. The van der Waals surface area contributed by atoms with E-state index in [0.717, 1.165) is 12.8 Å². The minimum Gasteiger partial charge on any atom is -0.290 e. The lowest BCUT2D eigenvalue weighted by molar-refractivity contribution is 0.544. The van der Waals surface area contributed by atoms with E-state index in [2.05, 4.69) is 23.0 Å². The fraction of sp³-hybridized carbons (Fsp3) is 0.400. The summed E-state index contributed by atoms with van der Waals surface area (Å²) in [4.78, 5) is 20.9. The third-order valence-corrected chi connectivity index (χ3v) is 3.82.